The number of likely N-dealkylation sites (tertiary alicyclic amines) is 1. The number of nitrogens with two attached hydrogens (primary N) is 3. The van der Waals surface area contributed by atoms with E-state index in [1.165, 1.54) is 0 Å². The van der Waals surface area contributed by atoms with Crippen molar-refractivity contribution < 1.29 is 14.4 Å². The molecule has 0 unspecified atom stereocenters. The summed E-state index contributed by atoms with van der Waals surface area (Å²) in [4.78, 5) is 43.5. The van der Waals surface area contributed by atoms with E-state index < -0.39 is 29.9 Å². The number of hydrogen-bond donors (Lipinski definition) is 4. The minimum Gasteiger partial charge on any atom is -0.370 e. The largest absolute Gasteiger partial charge is 0.370 e. The summed E-state index contributed by atoms with van der Waals surface area (Å²) in [7, 11) is 0. The summed E-state index contributed by atoms with van der Waals surface area (Å²) >= 11 is 5.80. The molecule has 1 fully saturated rings. The van der Waals surface area contributed by atoms with Gasteiger partial charge in [-0.15, -0.1) is 11.6 Å². The molecule has 9 nitrogen and oxygen atoms in total. The van der Waals surface area contributed by atoms with Crippen molar-refractivity contribution in [1.29, 1.82) is 0 Å². The molecule has 1 heterocycles. The van der Waals surface area contributed by atoms with Gasteiger partial charge in [0.25, 0.3) is 0 Å². The number of nitrogens with one attached hydrogen (secondary N) is 1. The van der Waals surface area contributed by atoms with Gasteiger partial charge in [-0.1, -0.05) is 30.3 Å². The molecule has 0 bridgehead atoms. The third kappa shape index (κ3) is 7.61. The van der Waals surface area contributed by atoms with Crippen LogP contribution in [0, 0.1) is 0 Å². The SMILES string of the molecule is NC(N)=NCCC[C@@H](C(=O)CCl)N1CCC[C@H]1C(=O)NC(=O)[C@H](N)Cc1ccccc1. The van der Waals surface area contributed by atoms with E-state index in [0.29, 0.717) is 38.8 Å². The van der Waals surface area contributed by atoms with E-state index in [-0.39, 0.29) is 17.6 Å². The number of carbonyl (C=O) groups is 3. The topological polar surface area (TPSA) is 157 Å². The first-order chi connectivity index (χ1) is 14.8. The molecular weight excluding hydrogens is 420 g/mol. The second-order valence-electron chi connectivity index (χ2n) is 7.61. The second-order valence-corrected chi connectivity index (χ2v) is 7.88. The van der Waals surface area contributed by atoms with Gasteiger partial charge in [-0.2, -0.15) is 0 Å². The maximum atomic E-state index is 12.8. The summed E-state index contributed by atoms with van der Waals surface area (Å²) in [6.45, 7) is 0.948. The first kappa shape index (κ1) is 24.8. The lowest BCUT2D eigenvalue weighted by molar-refractivity contribution is -0.135. The van der Waals surface area contributed by atoms with E-state index in [2.05, 4.69) is 10.3 Å². The van der Waals surface area contributed by atoms with Crippen LogP contribution in [0.5, 0.6) is 0 Å². The van der Waals surface area contributed by atoms with Gasteiger partial charge in [-0.05, 0) is 44.2 Å². The number of Topliss-reactive ketones (excluding diaryl/α,β-unsaturated/α-hetero) is 1. The van der Waals surface area contributed by atoms with Gasteiger partial charge in [0.05, 0.1) is 24.0 Å². The van der Waals surface area contributed by atoms with E-state index in [1.54, 1.807) is 0 Å². The summed E-state index contributed by atoms with van der Waals surface area (Å²) in [5.74, 6) is -1.31. The van der Waals surface area contributed by atoms with Gasteiger partial charge >= 0.3 is 0 Å². The fraction of sp³-hybridized carbons (Fsp3) is 0.524. The molecule has 1 aliphatic rings. The molecule has 7 N–H and O–H groups in total. The Labute approximate surface area is 187 Å². The molecule has 2 rings (SSSR count). The lowest BCUT2D eigenvalue weighted by Gasteiger charge is -2.31. The molecule has 0 radical (unpaired) electrons. The highest BCUT2D eigenvalue weighted by Crippen LogP contribution is 2.24. The molecule has 0 saturated carbocycles. The third-order valence-corrected chi connectivity index (χ3v) is 5.58. The van der Waals surface area contributed by atoms with E-state index in [9.17, 15) is 14.4 Å². The molecule has 0 aliphatic carbocycles. The van der Waals surface area contributed by atoms with Gasteiger partial charge in [0, 0.05) is 6.54 Å². The number of guanidine groups is 1. The lowest BCUT2D eigenvalue weighted by Crippen LogP contribution is -2.54. The molecule has 1 aliphatic heterocycles. The van der Waals surface area contributed by atoms with Gasteiger partial charge in [-0.3, -0.25) is 29.6 Å². The number of imide groups is 1. The normalized spacial score (nSPS) is 18.2. The minimum absolute atomic E-state index is 0.0102. The van der Waals surface area contributed by atoms with Crippen LogP contribution in [0.4, 0.5) is 0 Å². The van der Waals surface area contributed by atoms with E-state index >= 15 is 0 Å². The zero-order valence-corrected chi connectivity index (χ0v) is 18.3. The average Bonchev–Trinajstić information content (AvgIpc) is 3.23. The number of benzene rings is 1. The van der Waals surface area contributed by atoms with Crippen LogP contribution in [-0.2, 0) is 20.8 Å². The molecule has 0 spiro atoms. The predicted octanol–water partition coefficient (Wildman–Crippen LogP) is -0.106. The zero-order valence-electron chi connectivity index (χ0n) is 17.5. The monoisotopic (exact) mass is 450 g/mol. The fourth-order valence-electron chi connectivity index (χ4n) is 3.80. The standard InChI is InChI=1S/C21H31ClN6O3/c22-13-18(29)16(8-4-10-26-21(24)25)28-11-5-9-17(28)20(31)27-19(30)15(23)12-14-6-2-1-3-7-14/h1-3,6-7,15-17H,4-5,8-13,23H2,(H4,24,25,26)(H,27,30,31)/t15-,16+,17+/m1/s1. The van der Waals surface area contributed by atoms with Crippen molar-refractivity contribution >= 4 is 35.2 Å². The smallest absolute Gasteiger partial charge is 0.243 e. The predicted molar refractivity (Wildman–Crippen MR) is 120 cm³/mol. The maximum absolute atomic E-state index is 12.8. The number of nitrogens with zero attached hydrogens (tertiary/aromatic N) is 2. The Balaban J connectivity index is 1.98. The molecular formula is C21H31ClN6O3. The number of aliphatic imine (C=N–C) groups is 1. The number of ketones is 1. The van der Waals surface area contributed by atoms with Crippen LogP contribution in [0.15, 0.2) is 35.3 Å². The van der Waals surface area contributed by atoms with Crippen LogP contribution in [0.25, 0.3) is 0 Å². The Kier molecular flexibility index (Phi) is 9.90. The van der Waals surface area contributed by atoms with Crippen molar-refractivity contribution in [1.82, 2.24) is 10.2 Å². The van der Waals surface area contributed by atoms with E-state index in [1.807, 2.05) is 35.2 Å². The van der Waals surface area contributed by atoms with Gasteiger partial charge in [0.1, 0.15) is 0 Å². The van der Waals surface area contributed by atoms with Crippen molar-refractivity contribution in [2.45, 2.75) is 50.2 Å². The Morgan fingerprint density at radius 1 is 1.23 bits per heavy atom. The molecule has 2 amide bonds. The molecule has 170 valence electrons. The second kappa shape index (κ2) is 12.4. The number of amides is 2. The van der Waals surface area contributed by atoms with Crippen molar-refractivity contribution in [2.75, 3.05) is 19.0 Å². The summed E-state index contributed by atoms with van der Waals surface area (Å²) in [6, 6.07) is 7.39. The third-order valence-electron chi connectivity index (χ3n) is 5.31. The Morgan fingerprint density at radius 2 is 1.94 bits per heavy atom. The van der Waals surface area contributed by atoms with Gasteiger partial charge in [0.15, 0.2) is 11.7 Å². The molecule has 31 heavy (non-hydrogen) atoms. The van der Waals surface area contributed by atoms with E-state index in [4.69, 9.17) is 28.8 Å². The summed E-state index contributed by atoms with van der Waals surface area (Å²) in [6.07, 6.45) is 2.65. The van der Waals surface area contributed by atoms with Crippen LogP contribution in [-0.4, -0.2) is 65.6 Å². The van der Waals surface area contributed by atoms with Crippen LogP contribution >= 0.6 is 11.6 Å². The number of rotatable bonds is 11. The van der Waals surface area contributed by atoms with Gasteiger partial charge < -0.3 is 17.2 Å². The molecule has 1 saturated heterocycles. The Hall–Kier alpha value is -2.49. The van der Waals surface area contributed by atoms with Crippen molar-refractivity contribution in [3.8, 4) is 0 Å². The highest BCUT2D eigenvalue weighted by atomic mass is 35.5. The van der Waals surface area contributed by atoms with Crippen molar-refractivity contribution in [3.05, 3.63) is 35.9 Å². The van der Waals surface area contributed by atoms with Crippen molar-refractivity contribution in [3.63, 3.8) is 0 Å². The number of carbonyl (C=O) groups excluding carboxylic acids is 3. The molecule has 0 aromatic heterocycles. The van der Waals surface area contributed by atoms with Crippen LogP contribution in [0.1, 0.15) is 31.2 Å². The summed E-state index contributed by atoms with van der Waals surface area (Å²) in [5.41, 5.74) is 17.6. The lowest BCUT2D eigenvalue weighted by atomic mass is 10.0. The van der Waals surface area contributed by atoms with Crippen LogP contribution in [0.2, 0.25) is 0 Å². The Morgan fingerprint density at radius 3 is 2.58 bits per heavy atom. The van der Waals surface area contributed by atoms with Crippen LogP contribution in [0.3, 0.4) is 0 Å². The highest BCUT2D eigenvalue weighted by Gasteiger charge is 2.38. The summed E-state index contributed by atoms with van der Waals surface area (Å²) in [5, 5.41) is 2.42. The maximum Gasteiger partial charge on any atom is 0.243 e. The molecule has 3 atom stereocenters. The van der Waals surface area contributed by atoms with Crippen LogP contribution < -0.4 is 22.5 Å². The molecule has 1 aromatic rings. The first-order valence-corrected chi connectivity index (χ1v) is 10.9. The van der Waals surface area contributed by atoms with Gasteiger partial charge in [0.2, 0.25) is 11.8 Å². The zero-order chi connectivity index (χ0) is 22.8. The van der Waals surface area contributed by atoms with Crippen molar-refractivity contribution in [2.24, 2.45) is 22.2 Å². The summed E-state index contributed by atoms with van der Waals surface area (Å²) < 4.78 is 0. The molecule has 10 heteroatoms. The number of hydrogen-bond acceptors (Lipinski definition) is 6. The fourth-order valence-corrected chi connectivity index (χ4v) is 3.97. The minimum atomic E-state index is -0.846. The quantitative estimate of drug-likeness (QED) is 0.158. The van der Waals surface area contributed by atoms with E-state index in [0.717, 1.165) is 12.0 Å². The molecule has 1 aromatic carbocycles. The number of alkyl halides is 1. The Bertz CT molecular complexity index is 785. The number of halogens is 1. The average molecular weight is 451 g/mol. The van der Waals surface area contributed by atoms with Gasteiger partial charge in [-0.25, -0.2) is 0 Å². The highest BCUT2D eigenvalue weighted by molar-refractivity contribution is 6.28. The first-order valence-electron chi connectivity index (χ1n) is 10.4.